The van der Waals surface area contributed by atoms with E-state index in [4.69, 9.17) is 10.5 Å². The van der Waals surface area contributed by atoms with Crippen LogP contribution in [0.1, 0.15) is 51.6 Å². The van der Waals surface area contributed by atoms with E-state index in [1.807, 2.05) is 26.8 Å². The SMILES string of the molecule is CC(C)(C)OC(=O)N1CCCCC1c1cncc(N)c1. The van der Waals surface area contributed by atoms with Crippen LogP contribution in [0.5, 0.6) is 0 Å². The van der Waals surface area contributed by atoms with E-state index < -0.39 is 5.60 Å². The number of carbonyl (C=O) groups excluding carboxylic acids is 1. The van der Waals surface area contributed by atoms with Crippen LogP contribution < -0.4 is 5.73 Å². The van der Waals surface area contributed by atoms with Crippen molar-refractivity contribution in [1.29, 1.82) is 0 Å². The van der Waals surface area contributed by atoms with E-state index in [9.17, 15) is 4.79 Å². The van der Waals surface area contributed by atoms with Crippen LogP contribution in [0.2, 0.25) is 0 Å². The third kappa shape index (κ3) is 3.62. The van der Waals surface area contributed by atoms with Crippen LogP contribution in [-0.4, -0.2) is 28.1 Å². The number of aromatic nitrogens is 1. The topological polar surface area (TPSA) is 68.5 Å². The summed E-state index contributed by atoms with van der Waals surface area (Å²) >= 11 is 0. The van der Waals surface area contributed by atoms with Crippen LogP contribution in [0.15, 0.2) is 18.5 Å². The molecule has 5 heteroatoms. The maximum absolute atomic E-state index is 12.3. The zero-order chi connectivity index (χ0) is 14.8. The van der Waals surface area contributed by atoms with E-state index in [0.29, 0.717) is 12.2 Å². The normalized spacial score (nSPS) is 19.8. The lowest BCUT2D eigenvalue weighted by Crippen LogP contribution is -2.41. The molecule has 0 saturated carbocycles. The lowest BCUT2D eigenvalue weighted by atomic mass is 9.96. The molecular formula is C15H23N3O2. The maximum atomic E-state index is 12.3. The molecule has 0 aromatic carbocycles. The summed E-state index contributed by atoms with van der Waals surface area (Å²) in [5.74, 6) is 0. The van der Waals surface area contributed by atoms with Crippen molar-refractivity contribution in [3.05, 3.63) is 24.0 Å². The summed E-state index contributed by atoms with van der Waals surface area (Å²) < 4.78 is 5.49. The van der Waals surface area contributed by atoms with Crippen molar-refractivity contribution < 1.29 is 9.53 Å². The minimum Gasteiger partial charge on any atom is -0.444 e. The van der Waals surface area contributed by atoms with Gasteiger partial charge in [-0.1, -0.05) is 0 Å². The molecule has 0 spiro atoms. The van der Waals surface area contributed by atoms with Crippen molar-refractivity contribution in [3.63, 3.8) is 0 Å². The third-order valence-corrected chi connectivity index (χ3v) is 3.30. The Morgan fingerprint density at radius 3 is 2.80 bits per heavy atom. The van der Waals surface area contributed by atoms with Gasteiger partial charge in [0.1, 0.15) is 5.60 Å². The second-order valence-corrected chi connectivity index (χ2v) is 6.24. The van der Waals surface area contributed by atoms with Crippen LogP contribution >= 0.6 is 0 Å². The summed E-state index contributed by atoms with van der Waals surface area (Å²) in [4.78, 5) is 18.3. The highest BCUT2D eigenvalue weighted by atomic mass is 16.6. The molecule has 1 amide bonds. The van der Waals surface area contributed by atoms with Crippen LogP contribution in [0.3, 0.4) is 0 Å². The quantitative estimate of drug-likeness (QED) is 0.856. The van der Waals surface area contributed by atoms with Gasteiger partial charge in [0.25, 0.3) is 0 Å². The third-order valence-electron chi connectivity index (χ3n) is 3.30. The number of nitrogens with two attached hydrogens (primary N) is 1. The number of anilines is 1. The highest BCUT2D eigenvalue weighted by Crippen LogP contribution is 2.32. The summed E-state index contributed by atoms with van der Waals surface area (Å²) in [7, 11) is 0. The molecule has 1 aliphatic heterocycles. The standard InChI is InChI=1S/C15H23N3O2/c1-15(2,3)20-14(19)18-7-5-4-6-13(18)11-8-12(16)10-17-9-11/h8-10,13H,4-7,16H2,1-3H3. The fraction of sp³-hybridized carbons (Fsp3) is 0.600. The van der Waals surface area contributed by atoms with Gasteiger partial charge >= 0.3 is 6.09 Å². The predicted octanol–water partition coefficient (Wildman–Crippen LogP) is 3.13. The van der Waals surface area contributed by atoms with Gasteiger partial charge in [0, 0.05) is 18.9 Å². The average molecular weight is 277 g/mol. The Morgan fingerprint density at radius 1 is 1.40 bits per heavy atom. The second-order valence-electron chi connectivity index (χ2n) is 6.24. The van der Waals surface area contributed by atoms with Gasteiger partial charge < -0.3 is 15.4 Å². The van der Waals surface area contributed by atoms with Crippen LogP contribution in [0.25, 0.3) is 0 Å². The van der Waals surface area contributed by atoms with Gasteiger partial charge in [-0.3, -0.25) is 4.98 Å². The Bertz CT molecular complexity index is 482. The number of hydrogen-bond acceptors (Lipinski definition) is 4. The van der Waals surface area contributed by atoms with E-state index in [1.165, 1.54) is 0 Å². The lowest BCUT2D eigenvalue weighted by molar-refractivity contribution is 0.00948. The van der Waals surface area contributed by atoms with Crippen molar-refractivity contribution in [2.75, 3.05) is 12.3 Å². The summed E-state index contributed by atoms with van der Waals surface area (Å²) in [6, 6.07) is 1.90. The van der Waals surface area contributed by atoms with Crippen molar-refractivity contribution in [3.8, 4) is 0 Å². The minimum atomic E-state index is -0.479. The number of hydrogen-bond donors (Lipinski definition) is 1. The Labute approximate surface area is 120 Å². The van der Waals surface area contributed by atoms with Gasteiger partial charge in [0.15, 0.2) is 0 Å². The summed E-state index contributed by atoms with van der Waals surface area (Å²) in [6.07, 6.45) is 6.16. The fourth-order valence-electron chi connectivity index (χ4n) is 2.48. The van der Waals surface area contributed by atoms with Crippen LogP contribution in [0, 0.1) is 0 Å². The number of piperidine rings is 1. The molecule has 5 nitrogen and oxygen atoms in total. The maximum Gasteiger partial charge on any atom is 0.410 e. The Hall–Kier alpha value is -1.78. The first-order chi connectivity index (χ1) is 9.37. The first-order valence-electron chi connectivity index (χ1n) is 7.07. The van der Waals surface area contributed by atoms with E-state index in [0.717, 1.165) is 24.8 Å². The smallest absolute Gasteiger partial charge is 0.410 e. The molecule has 0 bridgehead atoms. The molecule has 2 N–H and O–H groups in total. The number of carbonyl (C=O) groups is 1. The van der Waals surface area contributed by atoms with Gasteiger partial charge in [-0.15, -0.1) is 0 Å². The number of amides is 1. The molecule has 110 valence electrons. The molecule has 2 heterocycles. The second kappa shape index (κ2) is 5.69. The first-order valence-corrected chi connectivity index (χ1v) is 7.07. The highest BCUT2D eigenvalue weighted by Gasteiger charge is 2.31. The van der Waals surface area contributed by atoms with Crippen LogP contribution in [-0.2, 0) is 4.74 Å². The Kier molecular flexibility index (Phi) is 4.16. The number of rotatable bonds is 1. The van der Waals surface area contributed by atoms with E-state index in [1.54, 1.807) is 17.3 Å². The number of pyridine rings is 1. The van der Waals surface area contributed by atoms with Gasteiger partial charge in [0.2, 0.25) is 0 Å². The lowest BCUT2D eigenvalue weighted by Gasteiger charge is -2.36. The molecule has 1 saturated heterocycles. The van der Waals surface area contributed by atoms with Crippen molar-refractivity contribution >= 4 is 11.8 Å². The largest absolute Gasteiger partial charge is 0.444 e. The monoisotopic (exact) mass is 277 g/mol. The molecule has 1 aromatic heterocycles. The summed E-state index contributed by atoms with van der Waals surface area (Å²) in [5, 5.41) is 0. The average Bonchev–Trinajstić information content (AvgIpc) is 2.37. The molecule has 2 rings (SSSR count). The molecule has 1 aromatic rings. The minimum absolute atomic E-state index is 0.00889. The molecular weight excluding hydrogens is 254 g/mol. The highest BCUT2D eigenvalue weighted by molar-refractivity contribution is 5.69. The van der Waals surface area contributed by atoms with E-state index in [2.05, 4.69) is 4.98 Å². The summed E-state index contributed by atoms with van der Waals surface area (Å²) in [6.45, 7) is 6.36. The first kappa shape index (κ1) is 14.6. The molecule has 1 atom stereocenters. The van der Waals surface area contributed by atoms with Gasteiger partial charge in [-0.05, 0) is 51.7 Å². The Balaban J connectivity index is 2.19. The van der Waals surface area contributed by atoms with Crippen LogP contribution in [0.4, 0.5) is 10.5 Å². The summed E-state index contributed by atoms with van der Waals surface area (Å²) in [5.41, 5.74) is 6.92. The number of ether oxygens (including phenoxy) is 1. The van der Waals surface area contributed by atoms with Crippen molar-refractivity contribution in [2.45, 2.75) is 51.7 Å². The Morgan fingerprint density at radius 2 is 2.15 bits per heavy atom. The molecule has 0 aliphatic carbocycles. The molecule has 1 aliphatic rings. The molecule has 0 radical (unpaired) electrons. The van der Waals surface area contributed by atoms with Crippen molar-refractivity contribution in [2.24, 2.45) is 0 Å². The molecule has 1 unspecified atom stereocenters. The zero-order valence-corrected chi connectivity index (χ0v) is 12.4. The van der Waals surface area contributed by atoms with Gasteiger partial charge in [-0.25, -0.2) is 4.79 Å². The number of nitrogens with zero attached hydrogens (tertiary/aromatic N) is 2. The number of nitrogen functional groups attached to an aromatic ring is 1. The molecule has 1 fully saturated rings. The number of likely N-dealkylation sites (tertiary alicyclic amines) is 1. The van der Waals surface area contributed by atoms with Gasteiger partial charge in [0.05, 0.1) is 11.7 Å². The van der Waals surface area contributed by atoms with E-state index >= 15 is 0 Å². The zero-order valence-electron chi connectivity index (χ0n) is 12.4. The fourth-order valence-corrected chi connectivity index (χ4v) is 2.48. The van der Waals surface area contributed by atoms with E-state index in [-0.39, 0.29) is 12.1 Å². The van der Waals surface area contributed by atoms with Gasteiger partial charge in [-0.2, -0.15) is 0 Å². The van der Waals surface area contributed by atoms with Crippen molar-refractivity contribution in [1.82, 2.24) is 9.88 Å². The molecule has 20 heavy (non-hydrogen) atoms. The predicted molar refractivity (Wildman–Crippen MR) is 78.2 cm³/mol.